The quantitative estimate of drug-likeness (QED) is 0.517. The lowest BCUT2D eigenvalue weighted by atomic mass is 10.1. The molecule has 0 radical (unpaired) electrons. The molecular formula is C15H10ClN7. The zero-order valence-electron chi connectivity index (χ0n) is 11.7. The highest BCUT2D eigenvalue weighted by atomic mass is 35.5. The minimum Gasteiger partial charge on any atom is -0.383 e. The molecule has 0 unspecified atom stereocenters. The number of fused-ring (bicyclic) bond motifs is 2. The van der Waals surface area contributed by atoms with Crippen molar-refractivity contribution in [2.24, 2.45) is 0 Å². The molecule has 4 rings (SSSR count). The van der Waals surface area contributed by atoms with E-state index in [4.69, 9.17) is 23.1 Å². The molecule has 0 bridgehead atoms. The third kappa shape index (κ3) is 2.36. The first-order valence-electron chi connectivity index (χ1n) is 6.72. The van der Waals surface area contributed by atoms with Crippen molar-refractivity contribution < 1.29 is 0 Å². The number of pyridine rings is 1. The van der Waals surface area contributed by atoms with E-state index in [1.54, 1.807) is 6.20 Å². The summed E-state index contributed by atoms with van der Waals surface area (Å²) < 4.78 is 0. The molecule has 0 atom stereocenters. The summed E-state index contributed by atoms with van der Waals surface area (Å²) in [6, 6.07) is 9.41. The van der Waals surface area contributed by atoms with Crippen LogP contribution in [0.2, 0.25) is 5.28 Å². The summed E-state index contributed by atoms with van der Waals surface area (Å²) in [6.45, 7) is 0. The van der Waals surface area contributed by atoms with Gasteiger partial charge in [-0.2, -0.15) is 4.98 Å². The van der Waals surface area contributed by atoms with Gasteiger partial charge in [-0.05, 0) is 29.8 Å². The summed E-state index contributed by atoms with van der Waals surface area (Å²) >= 11 is 5.84. The number of benzene rings is 1. The molecule has 112 valence electrons. The van der Waals surface area contributed by atoms with Crippen molar-refractivity contribution in [3.05, 3.63) is 41.8 Å². The average molecular weight is 324 g/mol. The van der Waals surface area contributed by atoms with Gasteiger partial charge in [0.15, 0.2) is 5.65 Å². The molecule has 4 aromatic rings. The highest BCUT2D eigenvalue weighted by Crippen LogP contribution is 2.25. The molecule has 0 saturated heterocycles. The zero-order chi connectivity index (χ0) is 16.0. The van der Waals surface area contributed by atoms with Crippen LogP contribution in [0, 0.1) is 0 Å². The van der Waals surface area contributed by atoms with Gasteiger partial charge < -0.3 is 11.5 Å². The molecule has 7 nitrogen and oxygen atoms in total. The number of hydrogen-bond acceptors (Lipinski definition) is 7. The Morgan fingerprint density at radius 3 is 2.65 bits per heavy atom. The van der Waals surface area contributed by atoms with Gasteiger partial charge in [0.25, 0.3) is 0 Å². The van der Waals surface area contributed by atoms with Crippen molar-refractivity contribution in [1.29, 1.82) is 0 Å². The van der Waals surface area contributed by atoms with Gasteiger partial charge >= 0.3 is 0 Å². The Morgan fingerprint density at radius 1 is 0.913 bits per heavy atom. The van der Waals surface area contributed by atoms with E-state index in [1.807, 2.05) is 30.3 Å². The number of aromatic nitrogens is 5. The fraction of sp³-hybridized carbons (Fsp3) is 0. The zero-order valence-corrected chi connectivity index (χ0v) is 12.5. The molecule has 3 aromatic heterocycles. The van der Waals surface area contributed by atoms with Crippen LogP contribution in [-0.4, -0.2) is 24.9 Å². The normalized spacial score (nSPS) is 11.2. The van der Waals surface area contributed by atoms with E-state index >= 15 is 0 Å². The standard InChI is InChI=1S/C15H10ClN7/c16-14-22-12(17)9-3-4-10(20-13(9)23-14)7-1-2-8-6-19-15(18)21-11(8)5-7/h1-6H,(H2,18,19,21)(H2,17,20,22,23). The largest absolute Gasteiger partial charge is 0.383 e. The van der Waals surface area contributed by atoms with E-state index in [2.05, 4.69) is 24.9 Å². The maximum atomic E-state index is 5.84. The second-order valence-electron chi connectivity index (χ2n) is 4.95. The van der Waals surface area contributed by atoms with Crippen molar-refractivity contribution in [3.63, 3.8) is 0 Å². The molecule has 8 heteroatoms. The molecule has 0 fully saturated rings. The molecule has 0 aliphatic heterocycles. The summed E-state index contributed by atoms with van der Waals surface area (Å²) in [5.41, 5.74) is 14.3. The van der Waals surface area contributed by atoms with E-state index in [-0.39, 0.29) is 11.2 Å². The molecule has 23 heavy (non-hydrogen) atoms. The monoisotopic (exact) mass is 323 g/mol. The van der Waals surface area contributed by atoms with Crippen molar-refractivity contribution in [3.8, 4) is 11.3 Å². The summed E-state index contributed by atoms with van der Waals surface area (Å²) in [5.74, 6) is 0.534. The maximum absolute atomic E-state index is 5.84. The van der Waals surface area contributed by atoms with Crippen molar-refractivity contribution >= 4 is 45.3 Å². The number of hydrogen-bond donors (Lipinski definition) is 2. The third-order valence-corrected chi connectivity index (χ3v) is 3.63. The molecule has 1 aromatic carbocycles. The van der Waals surface area contributed by atoms with Gasteiger partial charge in [-0.3, -0.25) is 0 Å². The minimum atomic E-state index is 0.0682. The average Bonchev–Trinajstić information content (AvgIpc) is 2.53. The second-order valence-corrected chi connectivity index (χ2v) is 5.29. The van der Waals surface area contributed by atoms with Crippen LogP contribution in [0.15, 0.2) is 36.5 Å². The van der Waals surface area contributed by atoms with Crippen LogP contribution >= 0.6 is 11.6 Å². The van der Waals surface area contributed by atoms with E-state index < -0.39 is 0 Å². The predicted octanol–water partition coefficient (Wildman–Crippen LogP) is 2.45. The first-order valence-corrected chi connectivity index (χ1v) is 7.10. The van der Waals surface area contributed by atoms with E-state index in [0.29, 0.717) is 16.9 Å². The number of halogens is 1. The van der Waals surface area contributed by atoms with Crippen LogP contribution in [0.5, 0.6) is 0 Å². The van der Waals surface area contributed by atoms with Crippen LogP contribution in [-0.2, 0) is 0 Å². The number of nitrogens with two attached hydrogens (primary N) is 2. The lowest BCUT2D eigenvalue weighted by Crippen LogP contribution is -1.97. The molecule has 0 spiro atoms. The third-order valence-electron chi connectivity index (χ3n) is 3.46. The Bertz CT molecular complexity index is 1060. The van der Waals surface area contributed by atoms with Gasteiger partial charge in [0.1, 0.15) is 5.82 Å². The molecule has 3 heterocycles. The Morgan fingerprint density at radius 2 is 1.78 bits per heavy atom. The van der Waals surface area contributed by atoms with Crippen LogP contribution in [0.1, 0.15) is 0 Å². The molecule has 4 N–H and O–H groups in total. The van der Waals surface area contributed by atoms with Gasteiger partial charge in [-0.1, -0.05) is 12.1 Å². The maximum Gasteiger partial charge on any atom is 0.226 e. The second kappa shape index (κ2) is 4.99. The lowest BCUT2D eigenvalue weighted by molar-refractivity contribution is 1.19. The Balaban J connectivity index is 1.91. The topological polar surface area (TPSA) is 116 Å². The minimum absolute atomic E-state index is 0.0682. The smallest absolute Gasteiger partial charge is 0.226 e. The number of nitrogens with zero attached hydrogens (tertiary/aromatic N) is 5. The first-order chi connectivity index (χ1) is 11.1. The lowest BCUT2D eigenvalue weighted by Gasteiger charge is -2.06. The van der Waals surface area contributed by atoms with Crippen LogP contribution in [0.4, 0.5) is 11.8 Å². The number of anilines is 2. The SMILES string of the molecule is Nc1ncc2ccc(-c3ccc4c(N)nc(Cl)nc4n3)cc2n1. The van der Waals surface area contributed by atoms with E-state index in [0.717, 1.165) is 22.2 Å². The van der Waals surface area contributed by atoms with Crippen LogP contribution < -0.4 is 11.5 Å². The van der Waals surface area contributed by atoms with Crippen molar-refractivity contribution in [1.82, 2.24) is 24.9 Å². The Kier molecular flexibility index (Phi) is 2.95. The van der Waals surface area contributed by atoms with Crippen LogP contribution in [0.3, 0.4) is 0 Å². The molecular weight excluding hydrogens is 314 g/mol. The molecule has 0 amide bonds. The molecule has 0 saturated carbocycles. The summed E-state index contributed by atoms with van der Waals surface area (Å²) in [4.78, 5) is 20.7. The summed E-state index contributed by atoms with van der Waals surface area (Å²) in [6.07, 6.45) is 1.68. The predicted molar refractivity (Wildman–Crippen MR) is 89.7 cm³/mol. The molecule has 0 aliphatic rings. The van der Waals surface area contributed by atoms with Gasteiger partial charge in [0.2, 0.25) is 11.2 Å². The fourth-order valence-corrected chi connectivity index (χ4v) is 2.53. The van der Waals surface area contributed by atoms with Gasteiger partial charge in [-0.15, -0.1) is 0 Å². The number of rotatable bonds is 1. The van der Waals surface area contributed by atoms with E-state index in [1.165, 1.54) is 0 Å². The van der Waals surface area contributed by atoms with Crippen molar-refractivity contribution in [2.75, 3.05) is 11.5 Å². The number of nitrogen functional groups attached to an aromatic ring is 2. The highest BCUT2D eigenvalue weighted by molar-refractivity contribution is 6.28. The summed E-state index contributed by atoms with van der Waals surface area (Å²) in [7, 11) is 0. The first kappa shape index (κ1) is 13.6. The Hall–Kier alpha value is -3.06. The highest BCUT2D eigenvalue weighted by Gasteiger charge is 2.08. The van der Waals surface area contributed by atoms with Crippen LogP contribution in [0.25, 0.3) is 33.2 Å². The van der Waals surface area contributed by atoms with Gasteiger partial charge in [0, 0.05) is 17.1 Å². The van der Waals surface area contributed by atoms with Gasteiger partial charge in [-0.25, -0.2) is 19.9 Å². The summed E-state index contributed by atoms with van der Waals surface area (Å²) in [5, 5.41) is 1.63. The fourth-order valence-electron chi connectivity index (χ4n) is 2.36. The van der Waals surface area contributed by atoms with Crippen molar-refractivity contribution in [2.45, 2.75) is 0 Å². The van der Waals surface area contributed by atoms with E-state index in [9.17, 15) is 0 Å². The Labute approximate surface area is 135 Å². The van der Waals surface area contributed by atoms with Gasteiger partial charge in [0.05, 0.1) is 16.6 Å². The molecule has 0 aliphatic carbocycles.